The molecule has 11 aromatic rings. The van der Waals surface area contributed by atoms with Crippen LogP contribution in [-0.4, -0.2) is 15.0 Å². The van der Waals surface area contributed by atoms with Gasteiger partial charge in [-0.15, -0.1) is 0 Å². The molecule has 3 nitrogen and oxygen atoms in total. The molecule has 0 fully saturated rings. The summed E-state index contributed by atoms with van der Waals surface area (Å²) in [6, 6.07) is 69.1. The molecule has 2 aromatic heterocycles. The molecular weight excluding hydrogens is 679 g/mol. The lowest BCUT2D eigenvalue weighted by Gasteiger charge is -2.18. The molecule has 0 bridgehead atoms. The second-order valence-electron chi connectivity index (χ2n) is 14.4. The molecule has 0 amide bonds. The maximum absolute atomic E-state index is 5.29. The lowest BCUT2D eigenvalue weighted by atomic mass is 9.86. The predicted molar refractivity (Wildman–Crippen MR) is 235 cm³/mol. The molecular formula is C53H33N3. The SMILES string of the molecule is c1ccc(-c2cc(-c3ccccc3)nc(-c3cc(-c4cc5c6ccccc6c6ccccc6c5c5ccccc45)cc(-c4cccc5cccnc45)c3)n2)cc1. The molecule has 0 saturated carbocycles. The summed E-state index contributed by atoms with van der Waals surface area (Å²) in [7, 11) is 0. The number of benzene rings is 9. The third-order valence-electron chi connectivity index (χ3n) is 11.1. The highest BCUT2D eigenvalue weighted by Crippen LogP contribution is 2.44. The van der Waals surface area contributed by atoms with Gasteiger partial charge in [0.25, 0.3) is 0 Å². The van der Waals surface area contributed by atoms with Crippen LogP contribution in [0.2, 0.25) is 0 Å². The molecule has 11 rings (SSSR count). The quantitative estimate of drug-likeness (QED) is 0.167. The van der Waals surface area contributed by atoms with E-state index in [-0.39, 0.29) is 0 Å². The molecule has 0 saturated heterocycles. The largest absolute Gasteiger partial charge is 0.256 e. The van der Waals surface area contributed by atoms with Crippen molar-refractivity contribution in [1.29, 1.82) is 0 Å². The normalized spacial score (nSPS) is 11.6. The summed E-state index contributed by atoms with van der Waals surface area (Å²) in [5.41, 5.74) is 10.1. The molecule has 0 aliphatic heterocycles. The topological polar surface area (TPSA) is 38.7 Å². The third-order valence-corrected chi connectivity index (χ3v) is 11.1. The summed E-state index contributed by atoms with van der Waals surface area (Å²) in [4.78, 5) is 15.5. The number of nitrogens with zero attached hydrogens (tertiary/aromatic N) is 3. The Morgan fingerprint density at radius 1 is 0.304 bits per heavy atom. The van der Waals surface area contributed by atoms with Crippen LogP contribution in [-0.2, 0) is 0 Å². The van der Waals surface area contributed by atoms with E-state index >= 15 is 0 Å². The van der Waals surface area contributed by atoms with Crippen LogP contribution in [0.4, 0.5) is 0 Å². The number of pyridine rings is 1. The smallest absolute Gasteiger partial charge is 0.160 e. The second kappa shape index (κ2) is 13.1. The first-order chi connectivity index (χ1) is 27.8. The van der Waals surface area contributed by atoms with Gasteiger partial charge in [-0.2, -0.15) is 0 Å². The van der Waals surface area contributed by atoms with Crippen LogP contribution in [0.1, 0.15) is 0 Å². The van der Waals surface area contributed by atoms with Gasteiger partial charge in [0.15, 0.2) is 5.82 Å². The van der Waals surface area contributed by atoms with Gasteiger partial charge in [-0.05, 0) is 96.2 Å². The molecule has 260 valence electrons. The Bertz CT molecular complexity index is 3240. The predicted octanol–water partition coefficient (Wildman–Crippen LogP) is 14.0. The molecule has 56 heavy (non-hydrogen) atoms. The second-order valence-corrected chi connectivity index (χ2v) is 14.4. The zero-order valence-corrected chi connectivity index (χ0v) is 30.4. The molecule has 0 aliphatic carbocycles. The average molecular weight is 712 g/mol. The fraction of sp³-hybridized carbons (Fsp3) is 0. The minimum Gasteiger partial charge on any atom is -0.256 e. The minimum atomic E-state index is 0.669. The Morgan fingerprint density at radius 2 is 0.804 bits per heavy atom. The monoisotopic (exact) mass is 711 g/mol. The zero-order valence-electron chi connectivity index (χ0n) is 30.4. The lowest BCUT2D eigenvalue weighted by Crippen LogP contribution is -1.97. The molecule has 0 aliphatic rings. The van der Waals surface area contributed by atoms with Gasteiger partial charge in [-0.1, -0.05) is 158 Å². The highest BCUT2D eigenvalue weighted by atomic mass is 14.9. The van der Waals surface area contributed by atoms with Crippen molar-refractivity contribution in [3.8, 4) is 56.2 Å². The Hall–Kier alpha value is -7.49. The van der Waals surface area contributed by atoms with Crippen LogP contribution in [0.3, 0.4) is 0 Å². The highest BCUT2D eigenvalue weighted by Gasteiger charge is 2.19. The van der Waals surface area contributed by atoms with E-state index < -0.39 is 0 Å². The number of para-hydroxylation sites is 1. The number of aromatic nitrogens is 3. The van der Waals surface area contributed by atoms with E-state index in [1.54, 1.807) is 0 Å². The van der Waals surface area contributed by atoms with Crippen molar-refractivity contribution in [1.82, 2.24) is 15.0 Å². The standard InChI is InChI=1S/C53H33N3/c1-3-15-34(16-4-1)49-33-50(35-17-5-2-6-18-35)56-53(55-49)39-30-37(40-27-13-19-36-20-14-28-54-52(36)40)29-38(31-39)47-32-48-43-23-8-7-21-41(43)42-22-9-11-25-45(42)51(48)46-26-12-10-24-44(46)47/h1-33H. The molecule has 9 aromatic carbocycles. The summed E-state index contributed by atoms with van der Waals surface area (Å²) >= 11 is 0. The highest BCUT2D eigenvalue weighted by molar-refractivity contribution is 6.33. The van der Waals surface area contributed by atoms with Crippen LogP contribution in [0, 0.1) is 0 Å². The van der Waals surface area contributed by atoms with Crippen molar-refractivity contribution in [2.24, 2.45) is 0 Å². The van der Waals surface area contributed by atoms with E-state index in [4.69, 9.17) is 15.0 Å². The van der Waals surface area contributed by atoms with E-state index in [2.05, 4.69) is 176 Å². The summed E-state index contributed by atoms with van der Waals surface area (Å²) in [5, 5.41) is 11.1. The first kappa shape index (κ1) is 32.0. The van der Waals surface area contributed by atoms with Crippen LogP contribution in [0.15, 0.2) is 200 Å². The van der Waals surface area contributed by atoms with Gasteiger partial charge in [0.05, 0.1) is 16.9 Å². The van der Waals surface area contributed by atoms with Crippen molar-refractivity contribution in [2.75, 3.05) is 0 Å². The van der Waals surface area contributed by atoms with Crippen LogP contribution < -0.4 is 0 Å². The molecule has 0 radical (unpaired) electrons. The molecule has 0 unspecified atom stereocenters. The van der Waals surface area contributed by atoms with Gasteiger partial charge in [0.2, 0.25) is 0 Å². The van der Waals surface area contributed by atoms with Crippen molar-refractivity contribution < 1.29 is 0 Å². The van der Waals surface area contributed by atoms with Gasteiger partial charge in [-0.25, -0.2) is 9.97 Å². The number of fused-ring (bicyclic) bond motifs is 9. The Balaban J connectivity index is 1.24. The lowest BCUT2D eigenvalue weighted by molar-refractivity contribution is 1.18. The van der Waals surface area contributed by atoms with Crippen molar-refractivity contribution in [2.45, 2.75) is 0 Å². The molecule has 0 N–H and O–H groups in total. The van der Waals surface area contributed by atoms with Crippen molar-refractivity contribution in [3.63, 3.8) is 0 Å². The Kier molecular flexibility index (Phi) is 7.49. The Morgan fingerprint density at radius 3 is 1.46 bits per heavy atom. The van der Waals surface area contributed by atoms with Crippen molar-refractivity contribution in [3.05, 3.63) is 200 Å². The molecule has 3 heteroatoms. The van der Waals surface area contributed by atoms with Gasteiger partial charge >= 0.3 is 0 Å². The summed E-state index contributed by atoms with van der Waals surface area (Å²) in [6.45, 7) is 0. The molecule has 0 spiro atoms. The first-order valence-corrected chi connectivity index (χ1v) is 19.0. The van der Waals surface area contributed by atoms with Crippen LogP contribution >= 0.6 is 0 Å². The number of rotatable bonds is 5. The maximum Gasteiger partial charge on any atom is 0.160 e. The summed E-state index contributed by atoms with van der Waals surface area (Å²) in [5.74, 6) is 0.669. The van der Waals surface area contributed by atoms with Gasteiger partial charge < -0.3 is 0 Å². The molecule has 0 atom stereocenters. The van der Waals surface area contributed by atoms with Crippen LogP contribution in [0.25, 0.3) is 110 Å². The summed E-state index contributed by atoms with van der Waals surface area (Å²) in [6.07, 6.45) is 1.88. The zero-order chi connectivity index (χ0) is 37.0. The van der Waals surface area contributed by atoms with E-state index in [1.165, 1.54) is 43.1 Å². The number of hydrogen-bond acceptors (Lipinski definition) is 3. The minimum absolute atomic E-state index is 0.669. The Labute approximate surface area is 324 Å². The van der Waals surface area contributed by atoms with Gasteiger partial charge in [-0.3, -0.25) is 4.98 Å². The van der Waals surface area contributed by atoms with Crippen LogP contribution in [0.5, 0.6) is 0 Å². The van der Waals surface area contributed by atoms with E-state index in [9.17, 15) is 0 Å². The maximum atomic E-state index is 5.29. The summed E-state index contributed by atoms with van der Waals surface area (Å²) < 4.78 is 0. The first-order valence-electron chi connectivity index (χ1n) is 19.0. The fourth-order valence-electron chi connectivity index (χ4n) is 8.50. The number of hydrogen-bond donors (Lipinski definition) is 0. The van der Waals surface area contributed by atoms with E-state index in [0.717, 1.165) is 61.2 Å². The third kappa shape index (κ3) is 5.32. The van der Waals surface area contributed by atoms with Gasteiger partial charge in [0, 0.05) is 33.8 Å². The fourth-order valence-corrected chi connectivity index (χ4v) is 8.50. The van der Waals surface area contributed by atoms with Gasteiger partial charge in [0.1, 0.15) is 0 Å². The average Bonchev–Trinajstić information content (AvgIpc) is 3.28. The van der Waals surface area contributed by atoms with E-state index in [1.807, 2.05) is 24.4 Å². The van der Waals surface area contributed by atoms with E-state index in [0.29, 0.717) is 5.82 Å². The van der Waals surface area contributed by atoms with Crippen molar-refractivity contribution >= 4 is 54.0 Å². The molecule has 2 heterocycles.